The van der Waals surface area contributed by atoms with Gasteiger partial charge in [-0.1, -0.05) is 38.1 Å². The second-order valence-electron chi connectivity index (χ2n) is 10.9. The van der Waals surface area contributed by atoms with Crippen molar-refractivity contribution in [3.8, 4) is 0 Å². The summed E-state index contributed by atoms with van der Waals surface area (Å²) in [5.74, 6) is -1.08. The Morgan fingerprint density at radius 3 is 2.40 bits per heavy atom. The van der Waals surface area contributed by atoms with Gasteiger partial charge in [0.2, 0.25) is 0 Å². The Hall–Kier alpha value is -4.08. The predicted molar refractivity (Wildman–Crippen MR) is 172 cm³/mol. The van der Waals surface area contributed by atoms with E-state index >= 15 is 0 Å². The molecule has 43 heavy (non-hydrogen) atoms. The summed E-state index contributed by atoms with van der Waals surface area (Å²) in [6.45, 7) is 10.9. The second kappa shape index (κ2) is 16.0. The Balaban J connectivity index is 1.49. The van der Waals surface area contributed by atoms with Crippen LogP contribution in [0.25, 0.3) is 0 Å². The van der Waals surface area contributed by atoms with Crippen LogP contribution in [0.5, 0.6) is 0 Å². The number of hydrazone groups is 1. The number of benzene rings is 3. The van der Waals surface area contributed by atoms with Crippen molar-refractivity contribution in [2.75, 3.05) is 56.5 Å². The zero-order valence-electron chi connectivity index (χ0n) is 25.5. The van der Waals surface area contributed by atoms with Crippen molar-refractivity contribution in [3.63, 3.8) is 0 Å². The van der Waals surface area contributed by atoms with E-state index in [1.807, 2.05) is 30.3 Å². The van der Waals surface area contributed by atoms with Crippen molar-refractivity contribution in [3.05, 3.63) is 94.8 Å². The first-order valence-corrected chi connectivity index (χ1v) is 15.2. The van der Waals surface area contributed by atoms with Crippen molar-refractivity contribution in [1.82, 2.24) is 15.2 Å². The molecule has 0 atom stereocenters. The number of anilines is 2. The molecular weight excluding hydrogens is 543 g/mol. The molecular formula is C34H43FN6O2. The van der Waals surface area contributed by atoms with Crippen molar-refractivity contribution in [2.24, 2.45) is 5.10 Å². The van der Waals surface area contributed by atoms with Gasteiger partial charge in [-0.3, -0.25) is 9.59 Å². The third-order valence-corrected chi connectivity index (χ3v) is 7.80. The average molecular weight is 587 g/mol. The van der Waals surface area contributed by atoms with Crippen molar-refractivity contribution < 1.29 is 14.0 Å². The van der Waals surface area contributed by atoms with E-state index in [9.17, 15) is 14.0 Å². The number of likely N-dealkylation sites (N-methyl/N-ethyl adjacent to an activating group) is 2. The van der Waals surface area contributed by atoms with Crippen LogP contribution in [-0.4, -0.2) is 74.1 Å². The molecule has 1 saturated heterocycles. The van der Waals surface area contributed by atoms with E-state index in [4.69, 9.17) is 0 Å². The number of halogens is 1. The molecule has 2 amide bonds. The molecule has 0 radical (unpaired) electrons. The van der Waals surface area contributed by atoms with Crippen LogP contribution < -0.4 is 15.6 Å². The molecule has 2 N–H and O–H groups in total. The van der Waals surface area contributed by atoms with Crippen LogP contribution in [0, 0.1) is 5.82 Å². The Labute approximate surface area is 254 Å². The molecule has 3 aromatic rings. The molecule has 9 heteroatoms. The van der Waals surface area contributed by atoms with Gasteiger partial charge in [0.05, 0.1) is 17.5 Å². The standard InChI is InChI=1S/C34H43FN6O2/c1-4-40(5-2)21-20-39(3)25-27-10-9-11-28(22-27)33(42)37-32-17-16-30(41-18-7-6-8-19-41)23-31(32)34(43)38-36-24-26-12-14-29(35)15-13-26/h9-17,22-24H,4-8,18-21,25H2,1-3H3,(H,37,42)(H,38,43). The van der Waals surface area contributed by atoms with Gasteiger partial charge in [-0.2, -0.15) is 5.10 Å². The minimum atomic E-state index is -0.448. The lowest BCUT2D eigenvalue weighted by molar-refractivity contribution is 0.0956. The summed E-state index contributed by atoms with van der Waals surface area (Å²) in [6.07, 6.45) is 4.85. The van der Waals surface area contributed by atoms with E-state index in [-0.39, 0.29) is 11.7 Å². The molecule has 1 fully saturated rings. The zero-order chi connectivity index (χ0) is 30.6. The maximum Gasteiger partial charge on any atom is 0.273 e. The van der Waals surface area contributed by atoms with E-state index in [1.165, 1.54) is 24.8 Å². The van der Waals surface area contributed by atoms with Crippen molar-refractivity contribution in [1.29, 1.82) is 0 Å². The van der Waals surface area contributed by atoms with Gasteiger partial charge >= 0.3 is 0 Å². The quantitative estimate of drug-likeness (QED) is 0.201. The smallest absolute Gasteiger partial charge is 0.273 e. The maximum absolute atomic E-state index is 13.4. The predicted octanol–water partition coefficient (Wildman–Crippen LogP) is 5.61. The minimum absolute atomic E-state index is 0.290. The van der Waals surface area contributed by atoms with Gasteiger partial charge < -0.3 is 20.0 Å². The van der Waals surface area contributed by atoms with E-state index in [1.54, 1.807) is 24.3 Å². The van der Waals surface area contributed by atoms with Crippen LogP contribution in [0.15, 0.2) is 71.8 Å². The highest BCUT2D eigenvalue weighted by atomic mass is 19.1. The summed E-state index contributed by atoms with van der Waals surface area (Å²) in [7, 11) is 2.09. The van der Waals surface area contributed by atoms with Gasteiger partial charge in [0, 0.05) is 44.0 Å². The molecule has 0 aromatic heterocycles. The summed E-state index contributed by atoms with van der Waals surface area (Å²) in [5.41, 5.74) is 6.43. The van der Waals surface area contributed by atoms with Crippen LogP contribution in [0.1, 0.15) is 65.0 Å². The highest BCUT2D eigenvalue weighted by molar-refractivity contribution is 6.09. The lowest BCUT2D eigenvalue weighted by Crippen LogP contribution is -2.32. The van der Waals surface area contributed by atoms with Crippen LogP contribution >= 0.6 is 0 Å². The van der Waals surface area contributed by atoms with Crippen LogP contribution in [0.3, 0.4) is 0 Å². The lowest BCUT2D eigenvalue weighted by Gasteiger charge is -2.29. The van der Waals surface area contributed by atoms with E-state index < -0.39 is 5.91 Å². The second-order valence-corrected chi connectivity index (χ2v) is 10.9. The van der Waals surface area contributed by atoms with Crippen LogP contribution in [0.4, 0.5) is 15.8 Å². The lowest BCUT2D eigenvalue weighted by atomic mass is 10.1. The molecule has 8 nitrogen and oxygen atoms in total. The number of amides is 2. The zero-order valence-corrected chi connectivity index (χ0v) is 25.5. The monoisotopic (exact) mass is 586 g/mol. The third kappa shape index (κ3) is 9.46. The summed E-state index contributed by atoms with van der Waals surface area (Å²) < 4.78 is 13.2. The molecule has 1 heterocycles. The molecule has 0 unspecified atom stereocenters. The van der Waals surface area contributed by atoms with E-state index in [0.717, 1.165) is 69.9 Å². The molecule has 0 bridgehead atoms. The number of rotatable bonds is 13. The minimum Gasteiger partial charge on any atom is -0.372 e. The van der Waals surface area contributed by atoms with Crippen molar-refractivity contribution >= 4 is 29.4 Å². The van der Waals surface area contributed by atoms with Crippen LogP contribution in [-0.2, 0) is 6.54 Å². The van der Waals surface area contributed by atoms with E-state index in [2.05, 4.69) is 51.4 Å². The molecule has 1 aliphatic rings. The highest BCUT2D eigenvalue weighted by Crippen LogP contribution is 2.26. The Bertz CT molecular complexity index is 1380. The van der Waals surface area contributed by atoms with Gasteiger partial charge in [0.15, 0.2) is 0 Å². The molecule has 0 spiro atoms. The molecule has 4 rings (SSSR count). The first-order chi connectivity index (χ1) is 20.9. The fraction of sp³-hybridized carbons (Fsp3) is 0.382. The van der Waals surface area contributed by atoms with Crippen molar-refractivity contribution in [2.45, 2.75) is 39.7 Å². The summed E-state index contributed by atoms with van der Waals surface area (Å²) >= 11 is 0. The van der Waals surface area contributed by atoms with Crippen LogP contribution in [0.2, 0.25) is 0 Å². The molecule has 1 aliphatic heterocycles. The number of carbonyl (C=O) groups excluding carboxylic acids is 2. The Morgan fingerprint density at radius 1 is 0.930 bits per heavy atom. The number of hydrogen-bond acceptors (Lipinski definition) is 6. The first-order valence-electron chi connectivity index (χ1n) is 15.2. The molecule has 3 aromatic carbocycles. The number of hydrogen-bond donors (Lipinski definition) is 2. The average Bonchev–Trinajstić information content (AvgIpc) is 3.03. The number of nitrogens with zero attached hydrogens (tertiary/aromatic N) is 4. The van der Waals surface area contributed by atoms with Gasteiger partial charge in [-0.15, -0.1) is 0 Å². The topological polar surface area (TPSA) is 80.3 Å². The summed E-state index contributed by atoms with van der Waals surface area (Å²) in [4.78, 5) is 33.6. The maximum atomic E-state index is 13.4. The first kappa shape index (κ1) is 31.8. The number of carbonyl (C=O) groups is 2. The fourth-order valence-corrected chi connectivity index (χ4v) is 5.20. The third-order valence-electron chi connectivity index (χ3n) is 7.80. The molecule has 0 aliphatic carbocycles. The number of nitrogens with one attached hydrogen (secondary N) is 2. The molecule has 228 valence electrons. The largest absolute Gasteiger partial charge is 0.372 e. The van der Waals surface area contributed by atoms with Gasteiger partial charge in [-0.05, 0) is 93.0 Å². The van der Waals surface area contributed by atoms with Gasteiger partial charge in [0.25, 0.3) is 11.8 Å². The van der Waals surface area contributed by atoms with Gasteiger partial charge in [-0.25, -0.2) is 9.82 Å². The summed E-state index contributed by atoms with van der Waals surface area (Å²) in [5, 5.41) is 7.02. The summed E-state index contributed by atoms with van der Waals surface area (Å²) in [6, 6.07) is 18.9. The van der Waals surface area contributed by atoms with Gasteiger partial charge in [0.1, 0.15) is 5.82 Å². The Morgan fingerprint density at radius 2 is 1.67 bits per heavy atom. The molecule has 0 saturated carbocycles. The highest BCUT2D eigenvalue weighted by Gasteiger charge is 2.19. The normalized spacial score (nSPS) is 13.6. The number of piperidine rings is 1. The SMILES string of the molecule is CCN(CC)CCN(C)Cc1cccc(C(=O)Nc2ccc(N3CCCCC3)cc2C(=O)NN=Cc2ccc(F)cc2)c1. The fourth-order valence-electron chi connectivity index (χ4n) is 5.20. The van der Waals surface area contributed by atoms with E-state index in [0.29, 0.717) is 22.4 Å². The Kier molecular flexibility index (Phi) is 11.8.